The molecule has 0 spiro atoms. The fourth-order valence-electron chi connectivity index (χ4n) is 2.71. The second-order valence-electron chi connectivity index (χ2n) is 6.06. The second kappa shape index (κ2) is 8.98. The van der Waals surface area contributed by atoms with Gasteiger partial charge in [0.1, 0.15) is 0 Å². The number of thiazole rings is 1. The minimum absolute atomic E-state index is 0.165. The zero-order valence-corrected chi connectivity index (χ0v) is 16.5. The van der Waals surface area contributed by atoms with Gasteiger partial charge in [0.05, 0.1) is 22.6 Å². The van der Waals surface area contributed by atoms with Crippen molar-refractivity contribution in [2.24, 2.45) is 5.73 Å². The summed E-state index contributed by atoms with van der Waals surface area (Å²) in [5, 5.41) is 4.99. The summed E-state index contributed by atoms with van der Waals surface area (Å²) >= 11 is 2.65. The number of primary amides is 1. The highest BCUT2D eigenvalue weighted by atomic mass is 32.2. The monoisotopic (exact) mass is 418 g/mol. The van der Waals surface area contributed by atoms with Gasteiger partial charge in [0.2, 0.25) is 11.8 Å². The van der Waals surface area contributed by atoms with E-state index in [0.29, 0.717) is 28.4 Å². The number of rotatable bonds is 9. The van der Waals surface area contributed by atoms with Crippen LogP contribution in [-0.4, -0.2) is 45.8 Å². The maximum absolute atomic E-state index is 12.3. The number of amides is 4. The molecule has 2 aromatic rings. The number of nitrogens with two attached hydrogens (primary N) is 1. The van der Waals surface area contributed by atoms with Crippen molar-refractivity contribution in [2.45, 2.75) is 18.6 Å². The molecule has 0 atom stereocenters. The van der Waals surface area contributed by atoms with Crippen molar-refractivity contribution in [3.63, 3.8) is 0 Å². The topological polar surface area (TPSA) is 122 Å². The molecule has 4 amide bonds. The Bertz CT molecular complexity index is 893. The van der Waals surface area contributed by atoms with E-state index in [1.54, 1.807) is 24.3 Å². The normalized spacial score (nSPS) is 12.9. The average Bonchev–Trinajstić information content (AvgIpc) is 3.19. The highest BCUT2D eigenvalue weighted by molar-refractivity contribution is 7.99. The Morgan fingerprint density at radius 1 is 1.18 bits per heavy atom. The van der Waals surface area contributed by atoms with Crippen LogP contribution in [0.4, 0.5) is 5.13 Å². The maximum atomic E-state index is 12.3. The molecule has 3 rings (SSSR count). The van der Waals surface area contributed by atoms with Gasteiger partial charge in [-0.25, -0.2) is 4.98 Å². The lowest BCUT2D eigenvalue weighted by Gasteiger charge is -2.13. The zero-order valence-electron chi connectivity index (χ0n) is 14.8. The lowest BCUT2D eigenvalue weighted by atomic mass is 10.1. The lowest BCUT2D eigenvalue weighted by Crippen LogP contribution is -2.31. The fraction of sp³-hybridized carbons (Fsp3) is 0.278. The van der Waals surface area contributed by atoms with Gasteiger partial charge in [0.15, 0.2) is 5.13 Å². The molecular weight excluding hydrogens is 400 g/mol. The van der Waals surface area contributed by atoms with Crippen molar-refractivity contribution in [3.8, 4) is 0 Å². The van der Waals surface area contributed by atoms with Gasteiger partial charge in [-0.3, -0.25) is 24.1 Å². The third-order valence-corrected chi connectivity index (χ3v) is 5.75. The Labute approximate surface area is 169 Å². The highest BCUT2D eigenvalue weighted by Crippen LogP contribution is 2.23. The third kappa shape index (κ3) is 4.76. The van der Waals surface area contributed by atoms with E-state index in [-0.39, 0.29) is 42.3 Å². The molecule has 0 fully saturated rings. The van der Waals surface area contributed by atoms with Crippen LogP contribution in [0.5, 0.6) is 0 Å². The molecule has 0 saturated carbocycles. The molecule has 1 aromatic carbocycles. The number of imide groups is 1. The van der Waals surface area contributed by atoms with Gasteiger partial charge in [-0.05, 0) is 18.6 Å². The Morgan fingerprint density at radius 3 is 2.50 bits per heavy atom. The number of benzene rings is 1. The van der Waals surface area contributed by atoms with Gasteiger partial charge in [-0.2, -0.15) is 0 Å². The molecular formula is C18H18N4O4S2. The van der Waals surface area contributed by atoms with Crippen molar-refractivity contribution < 1.29 is 19.2 Å². The summed E-state index contributed by atoms with van der Waals surface area (Å²) in [5.74, 6) is -0.501. The van der Waals surface area contributed by atoms with E-state index in [0.717, 1.165) is 5.69 Å². The largest absolute Gasteiger partial charge is 0.369 e. The van der Waals surface area contributed by atoms with Gasteiger partial charge in [0.25, 0.3) is 11.8 Å². The first kappa shape index (κ1) is 20.0. The van der Waals surface area contributed by atoms with Crippen LogP contribution in [0.3, 0.4) is 0 Å². The van der Waals surface area contributed by atoms with Gasteiger partial charge >= 0.3 is 0 Å². The quantitative estimate of drug-likeness (QED) is 0.600. The van der Waals surface area contributed by atoms with Crippen molar-refractivity contribution in [3.05, 3.63) is 46.5 Å². The van der Waals surface area contributed by atoms with E-state index < -0.39 is 0 Å². The molecule has 0 saturated heterocycles. The molecule has 146 valence electrons. The number of carbonyl (C=O) groups excluding carboxylic acids is 4. The third-order valence-electron chi connectivity index (χ3n) is 3.96. The van der Waals surface area contributed by atoms with Gasteiger partial charge < -0.3 is 11.1 Å². The number of nitrogens with zero attached hydrogens (tertiary/aromatic N) is 2. The molecule has 0 radical (unpaired) electrons. The van der Waals surface area contributed by atoms with Crippen LogP contribution in [0.1, 0.15) is 39.3 Å². The van der Waals surface area contributed by atoms with E-state index in [2.05, 4.69) is 10.3 Å². The number of hydrogen-bond donors (Lipinski definition) is 2. The molecule has 0 unspecified atom stereocenters. The summed E-state index contributed by atoms with van der Waals surface area (Å²) < 4.78 is 0. The summed E-state index contributed by atoms with van der Waals surface area (Å²) in [5.41, 5.74) is 6.65. The van der Waals surface area contributed by atoms with Crippen LogP contribution in [0.25, 0.3) is 0 Å². The number of nitrogens with one attached hydrogen (secondary N) is 1. The first-order chi connectivity index (χ1) is 13.5. The van der Waals surface area contributed by atoms with E-state index in [1.165, 1.54) is 28.0 Å². The smallest absolute Gasteiger partial charge is 0.261 e. The van der Waals surface area contributed by atoms with Crippen LogP contribution in [-0.2, 0) is 15.3 Å². The van der Waals surface area contributed by atoms with Crippen LogP contribution in [0, 0.1) is 0 Å². The van der Waals surface area contributed by atoms with Gasteiger partial charge in [-0.1, -0.05) is 12.1 Å². The lowest BCUT2D eigenvalue weighted by molar-refractivity contribution is -0.116. The van der Waals surface area contributed by atoms with Crippen molar-refractivity contribution in [1.82, 2.24) is 9.88 Å². The van der Waals surface area contributed by atoms with E-state index in [4.69, 9.17) is 5.73 Å². The first-order valence-corrected chi connectivity index (χ1v) is 10.5. The number of anilines is 1. The number of carbonyl (C=O) groups is 4. The summed E-state index contributed by atoms with van der Waals surface area (Å²) in [4.78, 5) is 52.8. The number of aromatic nitrogens is 1. The summed E-state index contributed by atoms with van der Waals surface area (Å²) in [6.45, 7) is 0.187. The van der Waals surface area contributed by atoms with Crippen molar-refractivity contribution >= 4 is 51.9 Å². The van der Waals surface area contributed by atoms with Crippen LogP contribution in [0.2, 0.25) is 0 Å². The second-order valence-corrected chi connectivity index (χ2v) is 7.91. The molecule has 2 heterocycles. The van der Waals surface area contributed by atoms with Gasteiger partial charge in [0, 0.05) is 24.1 Å². The SMILES string of the molecule is NC(=O)CSCc1csc(NC(=O)CCCN2C(=O)c3ccccc3C2=O)n1. The summed E-state index contributed by atoms with van der Waals surface area (Å²) in [6, 6.07) is 6.69. The zero-order chi connectivity index (χ0) is 20.1. The van der Waals surface area contributed by atoms with Crippen molar-refractivity contribution in [2.75, 3.05) is 17.6 Å². The number of thioether (sulfide) groups is 1. The highest BCUT2D eigenvalue weighted by Gasteiger charge is 2.34. The maximum Gasteiger partial charge on any atom is 0.261 e. The molecule has 1 aliphatic heterocycles. The Hall–Kier alpha value is -2.72. The predicted octanol–water partition coefficient (Wildman–Crippen LogP) is 1.88. The Morgan fingerprint density at radius 2 is 1.86 bits per heavy atom. The predicted molar refractivity (Wildman–Crippen MR) is 107 cm³/mol. The van der Waals surface area contributed by atoms with E-state index in [9.17, 15) is 19.2 Å². The molecule has 0 bridgehead atoms. The molecule has 0 aliphatic carbocycles. The molecule has 8 nitrogen and oxygen atoms in total. The van der Waals surface area contributed by atoms with E-state index >= 15 is 0 Å². The van der Waals surface area contributed by atoms with Crippen LogP contribution < -0.4 is 11.1 Å². The Balaban J connectivity index is 1.43. The molecule has 28 heavy (non-hydrogen) atoms. The molecule has 3 N–H and O–H groups in total. The van der Waals surface area contributed by atoms with Crippen LogP contribution >= 0.6 is 23.1 Å². The average molecular weight is 419 g/mol. The standard InChI is InChI=1S/C18H18N4O4S2/c19-14(23)10-27-8-11-9-28-18(20-11)21-15(24)6-3-7-22-16(25)12-4-1-2-5-13(12)17(22)26/h1-2,4-5,9H,3,6-8,10H2,(H2,19,23)(H,20,21,24). The van der Waals surface area contributed by atoms with Crippen LogP contribution in [0.15, 0.2) is 29.6 Å². The van der Waals surface area contributed by atoms with Gasteiger partial charge in [-0.15, -0.1) is 23.1 Å². The minimum atomic E-state index is -0.383. The number of hydrogen-bond acceptors (Lipinski definition) is 7. The Kier molecular flexibility index (Phi) is 6.42. The molecule has 1 aromatic heterocycles. The number of fused-ring (bicyclic) bond motifs is 1. The fourth-order valence-corrected chi connectivity index (χ4v) is 4.20. The van der Waals surface area contributed by atoms with E-state index in [1.807, 2.05) is 5.38 Å². The first-order valence-electron chi connectivity index (χ1n) is 8.51. The minimum Gasteiger partial charge on any atom is -0.369 e. The van der Waals surface area contributed by atoms with Crippen molar-refractivity contribution in [1.29, 1.82) is 0 Å². The molecule has 1 aliphatic rings. The summed E-state index contributed by atoms with van der Waals surface area (Å²) in [7, 11) is 0. The summed E-state index contributed by atoms with van der Waals surface area (Å²) in [6.07, 6.45) is 0.530. The molecule has 10 heteroatoms.